The van der Waals surface area contributed by atoms with Crippen molar-refractivity contribution in [1.29, 1.82) is 0 Å². The summed E-state index contributed by atoms with van der Waals surface area (Å²) in [4.78, 5) is 16.5. The Morgan fingerprint density at radius 3 is 2.50 bits per heavy atom. The number of carboxylic acids is 1. The molecule has 0 amide bonds. The lowest BCUT2D eigenvalue weighted by Crippen LogP contribution is -2.38. The second-order valence-electron chi connectivity index (χ2n) is 6.28. The van der Waals surface area contributed by atoms with Crippen molar-refractivity contribution >= 4 is 11.8 Å². The smallest absolute Gasteiger partial charge is 0.433 e. The van der Waals surface area contributed by atoms with Gasteiger partial charge >= 0.3 is 12.1 Å². The fraction of sp³-hybridized carbons (Fsp3) is 0.625. The number of ether oxygens (including phenoxy) is 1. The summed E-state index contributed by atoms with van der Waals surface area (Å²) in [7, 11) is 0. The fourth-order valence-electron chi connectivity index (χ4n) is 3.45. The Labute approximate surface area is 137 Å². The van der Waals surface area contributed by atoms with E-state index in [4.69, 9.17) is 9.84 Å². The molecule has 5 nitrogen and oxygen atoms in total. The summed E-state index contributed by atoms with van der Waals surface area (Å²) in [6, 6.07) is 3.92. The van der Waals surface area contributed by atoms with Crippen LogP contribution in [0.1, 0.15) is 31.4 Å². The number of halogens is 3. The summed E-state index contributed by atoms with van der Waals surface area (Å²) in [5.41, 5.74) is -0.884. The van der Waals surface area contributed by atoms with Crippen LogP contribution >= 0.6 is 0 Å². The third-order valence-corrected chi connectivity index (χ3v) is 4.74. The fourth-order valence-corrected chi connectivity index (χ4v) is 3.45. The maximum absolute atomic E-state index is 12.8. The Morgan fingerprint density at radius 2 is 1.92 bits per heavy atom. The van der Waals surface area contributed by atoms with E-state index in [1.165, 1.54) is 6.07 Å². The minimum Gasteiger partial charge on any atom is -0.479 e. The van der Waals surface area contributed by atoms with Crippen molar-refractivity contribution < 1.29 is 27.8 Å². The van der Waals surface area contributed by atoms with Crippen molar-refractivity contribution in [2.75, 3.05) is 18.0 Å². The lowest BCUT2D eigenvalue weighted by Gasteiger charge is -2.35. The molecule has 1 N–H and O–H groups in total. The van der Waals surface area contributed by atoms with Crippen LogP contribution in [0.3, 0.4) is 0 Å². The van der Waals surface area contributed by atoms with Gasteiger partial charge in [0.1, 0.15) is 11.5 Å². The number of rotatable bonds is 3. The number of aliphatic carboxylic acids is 1. The van der Waals surface area contributed by atoms with Gasteiger partial charge in [-0.1, -0.05) is 6.07 Å². The second kappa shape index (κ2) is 6.58. The standard InChI is InChI=1S/C16H19F3N2O3/c17-16(18,19)13-2-1-3-14(20-13)21-8-6-10(7-9-21)11-4-5-12(24-11)15(22)23/h1-3,10-12H,4-9H2,(H,22,23)/t11-,12+/m0/s1. The number of nitrogens with zero attached hydrogens (tertiary/aromatic N) is 2. The summed E-state index contributed by atoms with van der Waals surface area (Å²) >= 11 is 0. The largest absolute Gasteiger partial charge is 0.479 e. The van der Waals surface area contributed by atoms with Gasteiger partial charge in [0.05, 0.1) is 6.10 Å². The number of piperidine rings is 1. The SMILES string of the molecule is O=C(O)[C@H]1CC[C@@H](C2CCN(c3cccc(C(F)(F)F)n3)CC2)O1. The number of hydrogen-bond donors (Lipinski definition) is 1. The summed E-state index contributed by atoms with van der Waals surface area (Å²) in [6.07, 6.45) is -2.47. The van der Waals surface area contributed by atoms with Gasteiger partial charge in [-0.2, -0.15) is 13.2 Å². The quantitative estimate of drug-likeness (QED) is 0.913. The molecular weight excluding hydrogens is 325 g/mol. The van der Waals surface area contributed by atoms with E-state index in [9.17, 15) is 18.0 Å². The highest BCUT2D eigenvalue weighted by Gasteiger charge is 2.37. The lowest BCUT2D eigenvalue weighted by atomic mass is 9.90. The van der Waals surface area contributed by atoms with Crippen molar-refractivity contribution in [1.82, 2.24) is 4.98 Å². The van der Waals surface area contributed by atoms with E-state index in [1.807, 2.05) is 4.90 Å². The molecule has 8 heteroatoms. The Morgan fingerprint density at radius 1 is 1.21 bits per heavy atom. The lowest BCUT2D eigenvalue weighted by molar-refractivity contribution is -0.150. The average molecular weight is 344 g/mol. The van der Waals surface area contributed by atoms with Gasteiger partial charge in [-0.25, -0.2) is 9.78 Å². The first-order valence-corrected chi connectivity index (χ1v) is 8.02. The normalized spacial score (nSPS) is 25.9. The van der Waals surface area contributed by atoms with Crippen LogP contribution < -0.4 is 4.90 Å². The van der Waals surface area contributed by atoms with Crippen LogP contribution in [0.15, 0.2) is 18.2 Å². The first kappa shape index (κ1) is 17.0. The van der Waals surface area contributed by atoms with Crippen molar-refractivity contribution in [2.24, 2.45) is 5.92 Å². The highest BCUT2D eigenvalue weighted by Crippen LogP contribution is 2.34. The maximum atomic E-state index is 12.8. The molecule has 0 bridgehead atoms. The van der Waals surface area contributed by atoms with Gasteiger partial charge in [0.2, 0.25) is 0 Å². The summed E-state index contributed by atoms with van der Waals surface area (Å²) in [5.74, 6) is -0.349. The summed E-state index contributed by atoms with van der Waals surface area (Å²) < 4.78 is 43.9. The van der Waals surface area contributed by atoms with E-state index < -0.39 is 23.9 Å². The second-order valence-corrected chi connectivity index (χ2v) is 6.28. The van der Waals surface area contributed by atoms with E-state index >= 15 is 0 Å². The Hall–Kier alpha value is -1.83. The topological polar surface area (TPSA) is 62.7 Å². The highest BCUT2D eigenvalue weighted by molar-refractivity contribution is 5.72. The Balaban J connectivity index is 1.59. The van der Waals surface area contributed by atoms with E-state index in [-0.39, 0.29) is 12.0 Å². The Bertz CT molecular complexity index is 600. The zero-order valence-electron chi connectivity index (χ0n) is 13.0. The first-order valence-electron chi connectivity index (χ1n) is 8.02. The molecule has 0 aliphatic carbocycles. The zero-order valence-corrected chi connectivity index (χ0v) is 13.0. The monoisotopic (exact) mass is 344 g/mol. The molecule has 1 aromatic rings. The molecule has 0 radical (unpaired) electrons. The van der Waals surface area contributed by atoms with Gasteiger partial charge in [0.25, 0.3) is 0 Å². The number of hydrogen-bond acceptors (Lipinski definition) is 4. The molecule has 0 unspecified atom stereocenters. The molecule has 3 rings (SSSR count). The van der Waals surface area contributed by atoms with Crippen LogP contribution in [0, 0.1) is 5.92 Å². The zero-order chi connectivity index (χ0) is 17.3. The van der Waals surface area contributed by atoms with Gasteiger partial charge in [0.15, 0.2) is 6.10 Å². The van der Waals surface area contributed by atoms with E-state index in [1.54, 1.807) is 6.07 Å². The molecule has 0 aromatic carbocycles. The van der Waals surface area contributed by atoms with Crippen molar-refractivity contribution in [3.63, 3.8) is 0 Å². The number of aromatic nitrogens is 1. The van der Waals surface area contributed by atoms with Gasteiger partial charge in [0, 0.05) is 13.1 Å². The molecule has 0 saturated carbocycles. The number of anilines is 1. The average Bonchev–Trinajstić information content (AvgIpc) is 3.05. The molecule has 2 aliphatic rings. The minimum atomic E-state index is -4.45. The van der Waals surface area contributed by atoms with Crippen LogP contribution in [0.4, 0.5) is 19.0 Å². The predicted octanol–water partition coefficient (Wildman–Crippen LogP) is 2.95. The van der Waals surface area contributed by atoms with Crippen LogP contribution in [0.5, 0.6) is 0 Å². The summed E-state index contributed by atoms with van der Waals surface area (Å²) in [6.45, 7) is 1.19. The summed E-state index contributed by atoms with van der Waals surface area (Å²) in [5, 5.41) is 8.98. The minimum absolute atomic E-state index is 0.0669. The molecule has 3 heterocycles. The van der Waals surface area contributed by atoms with Crippen molar-refractivity contribution in [3.8, 4) is 0 Å². The van der Waals surface area contributed by atoms with Gasteiger partial charge < -0.3 is 14.7 Å². The molecule has 2 aliphatic heterocycles. The van der Waals surface area contributed by atoms with Crippen molar-refractivity contribution in [3.05, 3.63) is 23.9 Å². The Kier molecular flexibility index (Phi) is 4.67. The third kappa shape index (κ3) is 3.63. The first-order chi connectivity index (χ1) is 11.3. The molecule has 2 fully saturated rings. The molecule has 0 spiro atoms. The molecule has 2 atom stereocenters. The van der Waals surface area contributed by atoms with Gasteiger partial charge in [-0.05, 0) is 43.7 Å². The molecule has 24 heavy (non-hydrogen) atoms. The highest BCUT2D eigenvalue weighted by atomic mass is 19.4. The maximum Gasteiger partial charge on any atom is 0.433 e. The van der Waals surface area contributed by atoms with E-state index in [0.717, 1.165) is 25.3 Å². The van der Waals surface area contributed by atoms with Crippen LogP contribution in [0.2, 0.25) is 0 Å². The van der Waals surface area contributed by atoms with Crippen LogP contribution in [0.25, 0.3) is 0 Å². The van der Waals surface area contributed by atoms with Crippen LogP contribution in [-0.4, -0.2) is 41.4 Å². The molecule has 2 saturated heterocycles. The molecule has 132 valence electrons. The number of pyridine rings is 1. The van der Waals surface area contributed by atoms with Gasteiger partial charge in [-0.15, -0.1) is 0 Å². The predicted molar refractivity (Wildman–Crippen MR) is 79.7 cm³/mol. The number of carboxylic acid groups (broad SMARTS) is 1. The third-order valence-electron chi connectivity index (χ3n) is 4.74. The molecular formula is C16H19F3N2O3. The molecule has 1 aromatic heterocycles. The van der Waals surface area contributed by atoms with E-state index in [0.29, 0.717) is 25.3 Å². The number of carbonyl (C=O) groups is 1. The van der Waals surface area contributed by atoms with Gasteiger partial charge in [-0.3, -0.25) is 0 Å². The van der Waals surface area contributed by atoms with E-state index in [2.05, 4.69) is 4.98 Å². The van der Waals surface area contributed by atoms with Crippen molar-refractivity contribution in [2.45, 2.75) is 44.1 Å². The number of alkyl halides is 3. The van der Waals surface area contributed by atoms with Crippen LogP contribution in [-0.2, 0) is 15.7 Å².